The van der Waals surface area contributed by atoms with Crippen molar-refractivity contribution in [1.82, 2.24) is 10.2 Å². The summed E-state index contributed by atoms with van der Waals surface area (Å²) >= 11 is 0. The number of amides is 1. The minimum atomic E-state index is -0.270. The van der Waals surface area contributed by atoms with Gasteiger partial charge < -0.3 is 15.0 Å². The number of para-hydroxylation sites is 1. The van der Waals surface area contributed by atoms with E-state index in [2.05, 4.69) is 5.32 Å². The number of carbonyl (C=O) groups is 1. The summed E-state index contributed by atoms with van der Waals surface area (Å²) in [5, 5.41) is 3.34. The molecule has 0 spiro atoms. The Morgan fingerprint density at radius 2 is 2.06 bits per heavy atom. The Labute approximate surface area is 108 Å². The lowest BCUT2D eigenvalue weighted by Gasteiger charge is -2.26. The van der Waals surface area contributed by atoms with Gasteiger partial charge in [-0.25, -0.2) is 4.79 Å². The number of carbonyl (C=O) groups excluding carboxylic acids is 1. The first kappa shape index (κ1) is 12.9. The third-order valence-corrected chi connectivity index (χ3v) is 3.33. The number of nitrogens with zero attached hydrogens (tertiary/aromatic N) is 1. The van der Waals surface area contributed by atoms with Gasteiger partial charge in [0.25, 0.3) is 0 Å². The van der Waals surface area contributed by atoms with E-state index in [9.17, 15) is 4.79 Å². The van der Waals surface area contributed by atoms with Gasteiger partial charge in [-0.2, -0.15) is 0 Å². The average molecular weight is 248 g/mol. The van der Waals surface area contributed by atoms with Crippen LogP contribution in [-0.4, -0.2) is 37.2 Å². The summed E-state index contributed by atoms with van der Waals surface area (Å²) in [6.07, 6.45) is 2.86. The highest BCUT2D eigenvalue weighted by Gasteiger charge is 2.22. The van der Waals surface area contributed by atoms with Gasteiger partial charge in [-0.1, -0.05) is 18.2 Å². The van der Waals surface area contributed by atoms with Gasteiger partial charge in [0.1, 0.15) is 5.75 Å². The molecule has 4 heteroatoms. The second kappa shape index (κ2) is 6.40. The van der Waals surface area contributed by atoms with Gasteiger partial charge in [0.15, 0.2) is 0 Å². The predicted molar refractivity (Wildman–Crippen MR) is 70.7 cm³/mol. The number of hydrogen-bond donors (Lipinski definition) is 1. The average Bonchev–Trinajstić information content (AvgIpc) is 2.68. The molecule has 1 N–H and O–H groups in total. The Bertz CT molecular complexity index is 373. The monoisotopic (exact) mass is 248 g/mol. The summed E-state index contributed by atoms with van der Waals surface area (Å²) in [6, 6.07) is 9.48. The third-order valence-electron chi connectivity index (χ3n) is 3.33. The Kier molecular flexibility index (Phi) is 4.59. The first-order valence-corrected chi connectivity index (χ1v) is 6.48. The highest BCUT2D eigenvalue weighted by molar-refractivity contribution is 5.70. The van der Waals surface area contributed by atoms with Crippen LogP contribution < -0.4 is 10.1 Å². The second-order valence-corrected chi connectivity index (χ2v) is 4.63. The molecule has 1 heterocycles. The first-order valence-electron chi connectivity index (χ1n) is 6.48. The summed E-state index contributed by atoms with van der Waals surface area (Å²) in [4.78, 5) is 13.7. The van der Waals surface area contributed by atoms with Gasteiger partial charge in [0.05, 0.1) is 0 Å². The molecular formula is C14H20N2O2. The van der Waals surface area contributed by atoms with E-state index < -0.39 is 0 Å². The van der Waals surface area contributed by atoms with Crippen LogP contribution in [0, 0.1) is 0 Å². The zero-order valence-corrected chi connectivity index (χ0v) is 10.8. The molecule has 1 aliphatic rings. The molecule has 1 saturated heterocycles. The van der Waals surface area contributed by atoms with E-state index in [-0.39, 0.29) is 12.1 Å². The van der Waals surface area contributed by atoms with Gasteiger partial charge in [-0.05, 0) is 44.5 Å². The number of benzene rings is 1. The van der Waals surface area contributed by atoms with Crippen LogP contribution in [0.3, 0.4) is 0 Å². The Balaban J connectivity index is 1.91. The Morgan fingerprint density at radius 3 is 2.83 bits per heavy atom. The maximum absolute atomic E-state index is 12.0. The summed E-state index contributed by atoms with van der Waals surface area (Å²) in [6.45, 7) is 2.01. The zero-order valence-electron chi connectivity index (χ0n) is 10.8. The lowest BCUT2D eigenvalue weighted by atomic mass is 10.1. The molecule has 0 bridgehead atoms. The highest BCUT2D eigenvalue weighted by Crippen LogP contribution is 2.15. The van der Waals surface area contributed by atoms with E-state index in [1.807, 2.05) is 25.2 Å². The summed E-state index contributed by atoms with van der Waals surface area (Å²) in [7, 11) is 1.82. The minimum Gasteiger partial charge on any atom is -0.410 e. The molecular weight excluding hydrogens is 228 g/mol. The maximum atomic E-state index is 12.0. The normalized spacial score (nSPS) is 19.9. The van der Waals surface area contributed by atoms with Gasteiger partial charge in [-0.15, -0.1) is 0 Å². The van der Waals surface area contributed by atoms with E-state index in [1.54, 1.807) is 17.0 Å². The van der Waals surface area contributed by atoms with Gasteiger partial charge in [0.2, 0.25) is 0 Å². The van der Waals surface area contributed by atoms with Gasteiger partial charge in [0, 0.05) is 13.1 Å². The van der Waals surface area contributed by atoms with Crippen LogP contribution in [0.5, 0.6) is 5.75 Å². The molecule has 1 aromatic rings. The summed E-state index contributed by atoms with van der Waals surface area (Å²) < 4.78 is 5.34. The zero-order chi connectivity index (χ0) is 12.8. The van der Waals surface area contributed by atoms with Gasteiger partial charge in [-0.3, -0.25) is 0 Å². The molecule has 18 heavy (non-hydrogen) atoms. The molecule has 1 fully saturated rings. The van der Waals surface area contributed by atoms with E-state index in [4.69, 9.17) is 4.74 Å². The minimum absolute atomic E-state index is 0.270. The van der Waals surface area contributed by atoms with Crippen molar-refractivity contribution in [1.29, 1.82) is 0 Å². The molecule has 0 radical (unpaired) electrons. The molecule has 4 nitrogen and oxygen atoms in total. The van der Waals surface area contributed by atoms with E-state index in [0.29, 0.717) is 5.75 Å². The fraction of sp³-hybridized carbons (Fsp3) is 0.500. The van der Waals surface area contributed by atoms with Crippen molar-refractivity contribution in [2.75, 3.05) is 20.1 Å². The van der Waals surface area contributed by atoms with E-state index in [1.165, 1.54) is 0 Å². The van der Waals surface area contributed by atoms with Crippen molar-refractivity contribution in [3.05, 3.63) is 30.3 Å². The van der Waals surface area contributed by atoms with Crippen molar-refractivity contribution in [3.63, 3.8) is 0 Å². The smallest absolute Gasteiger partial charge is 0.410 e. The first-order chi connectivity index (χ1) is 8.77. The molecule has 2 rings (SSSR count). The van der Waals surface area contributed by atoms with Crippen molar-refractivity contribution in [3.8, 4) is 5.75 Å². The molecule has 98 valence electrons. The van der Waals surface area contributed by atoms with E-state index >= 15 is 0 Å². The molecule has 1 aromatic carbocycles. The van der Waals surface area contributed by atoms with Crippen LogP contribution in [-0.2, 0) is 0 Å². The molecule has 0 saturated carbocycles. The fourth-order valence-corrected chi connectivity index (χ4v) is 2.20. The fourth-order valence-electron chi connectivity index (χ4n) is 2.20. The summed E-state index contributed by atoms with van der Waals surface area (Å²) in [5.41, 5.74) is 0. The second-order valence-electron chi connectivity index (χ2n) is 4.63. The van der Waals surface area contributed by atoms with E-state index in [0.717, 1.165) is 32.4 Å². The number of nitrogens with one attached hydrogen (secondary N) is 1. The third kappa shape index (κ3) is 3.47. The molecule has 1 aliphatic heterocycles. The molecule has 0 aliphatic carbocycles. The Morgan fingerprint density at radius 1 is 1.28 bits per heavy atom. The van der Waals surface area contributed by atoms with Crippen LogP contribution in [0.15, 0.2) is 30.3 Å². The molecule has 1 atom stereocenters. The predicted octanol–water partition coefficient (Wildman–Crippen LogP) is 2.26. The van der Waals surface area contributed by atoms with Crippen molar-refractivity contribution in [2.24, 2.45) is 0 Å². The maximum Gasteiger partial charge on any atom is 0.415 e. The van der Waals surface area contributed by atoms with Crippen molar-refractivity contribution >= 4 is 6.09 Å². The Hall–Kier alpha value is -1.55. The van der Waals surface area contributed by atoms with Crippen LogP contribution in [0.4, 0.5) is 4.79 Å². The lowest BCUT2D eigenvalue weighted by Crippen LogP contribution is -2.39. The topological polar surface area (TPSA) is 41.6 Å². The van der Waals surface area contributed by atoms with Crippen LogP contribution in [0.25, 0.3) is 0 Å². The van der Waals surface area contributed by atoms with Crippen LogP contribution in [0.2, 0.25) is 0 Å². The largest absolute Gasteiger partial charge is 0.415 e. The standard InChI is InChI=1S/C14H20N2O2/c1-16(12-6-5-10-15-11-9-12)14(17)18-13-7-3-2-4-8-13/h2-4,7-8,12,15H,5-6,9-11H2,1H3. The molecule has 0 aromatic heterocycles. The number of rotatable bonds is 2. The SMILES string of the molecule is CN(C(=O)Oc1ccccc1)C1CCCNCC1. The molecule has 1 amide bonds. The number of ether oxygens (including phenoxy) is 1. The number of hydrogen-bond acceptors (Lipinski definition) is 3. The van der Waals surface area contributed by atoms with Crippen LogP contribution >= 0.6 is 0 Å². The van der Waals surface area contributed by atoms with Crippen molar-refractivity contribution in [2.45, 2.75) is 25.3 Å². The summed E-state index contributed by atoms with van der Waals surface area (Å²) in [5.74, 6) is 0.598. The van der Waals surface area contributed by atoms with Gasteiger partial charge >= 0.3 is 6.09 Å². The molecule has 1 unspecified atom stereocenters. The lowest BCUT2D eigenvalue weighted by molar-refractivity contribution is 0.141. The quantitative estimate of drug-likeness (QED) is 0.873. The highest BCUT2D eigenvalue weighted by atomic mass is 16.6. The van der Waals surface area contributed by atoms with Crippen molar-refractivity contribution < 1.29 is 9.53 Å². The van der Waals surface area contributed by atoms with Crippen LogP contribution in [0.1, 0.15) is 19.3 Å².